The summed E-state index contributed by atoms with van der Waals surface area (Å²) in [5.41, 5.74) is 7.66. The molecule has 0 aliphatic heterocycles. The fourth-order valence-corrected chi connectivity index (χ4v) is 1.91. The number of nitrogens with two attached hydrogens (primary N) is 1. The second-order valence-electron chi connectivity index (χ2n) is 4.57. The molecule has 0 aliphatic carbocycles. The van der Waals surface area contributed by atoms with Crippen molar-refractivity contribution < 1.29 is 4.74 Å². The molecule has 20 heavy (non-hydrogen) atoms. The van der Waals surface area contributed by atoms with E-state index in [1.807, 2.05) is 31.2 Å². The number of aryl methyl sites for hydroxylation is 1. The number of para-hydroxylation sites is 2. The second kappa shape index (κ2) is 6.23. The molecule has 0 amide bonds. The molecule has 0 fully saturated rings. The highest BCUT2D eigenvalue weighted by molar-refractivity contribution is 5.68. The van der Waals surface area contributed by atoms with Crippen molar-refractivity contribution in [2.24, 2.45) is 0 Å². The standard InChI is InChI=1S/C15H20N4O/c1-4-7-13-18-14(16)10(2)15(19-13)17-11-8-5-6-9-12(11)20-3/h5-6,8-9H,4,7H2,1-3H3,(H3,16,17,18,19). The SMILES string of the molecule is CCCc1nc(N)c(C)c(Nc2ccccc2OC)n1. The molecular weight excluding hydrogens is 252 g/mol. The van der Waals surface area contributed by atoms with Gasteiger partial charge in [0.1, 0.15) is 23.2 Å². The van der Waals surface area contributed by atoms with Crippen molar-refractivity contribution in [3.8, 4) is 5.75 Å². The third kappa shape index (κ3) is 2.99. The first kappa shape index (κ1) is 14.1. The molecular formula is C15H20N4O. The molecule has 1 heterocycles. The minimum Gasteiger partial charge on any atom is -0.495 e. The van der Waals surface area contributed by atoms with Crippen molar-refractivity contribution in [2.75, 3.05) is 18.2 Å². The minimum atomic E-state index is 0.515. The van der Waals surface area contributed by atoms with Gasteiger partial charge in [-0.1, -0.05) is 19.1 Å². The number of nitrogens with one attached hydrogen (secondary N) is 1. The monoisotopic (exact) mass is 272 g/mol. The van der Waals surface area contributed by atoms with Crippen LogP contribution >= 0.6 is 0 Å². The molecule has 0 radical (unpaired) electrons. The van der Waals surface area contributed by atoms with E-state index in [1.54, 1.807) is 7.11 Å². The van der Waals surface area contributed by atoms with Crippen LogP contribution in [0.15, 0.2) is 24.3 Å². The maximum atomic E-state index is 5.95. The van der Waals surface area contributed by atoms with E-state index in [0.29, 0.717) is 5.82 Å². The molecule has 0 atom stereocenters. The van der Waals surface area contributed by atoms with E-state index < -0.39 is 0 Å². The maximum Gasteiger partial charge on any atom is 0.142 e. The molecule has 0 aliphatic rings. The predicted molar refractivity (Wildman–Crippen MR) is 81.5 cm³/mol. The van der Waals surface area contributed by atoms with Gasteiger partial charge in [0.2, 0.25) is 0 Å². The Bertz CT molecular complexity index is 598. The Morgan fingerprint density at radius 1 is 1.25 bits per heavy atom. The summed E-state index contributed by atoms with van der Waals surface area (Å²) in [4.78, 5) is 8.84. The van der Waals surface area contributed by atoms with E-state index in [0.717, 1.165) is 41.5 Å². The van der Waals surface area contributed by atoms with Crippen molar-refractivity contribution in [2.45, 2.75) is 26.7 Å². The van der Waals surface area contributed by atoms with Gasteiger partial charge in [-0.2, -0.15) is 0 Å². The van der Waals surface area contributed by atoms with Crippen molar-refractivity contribution in [1.29, 1.82) is 0 Å². The lowest BCUT2D eigenvalue weighted by Crippen LogP contribution is -2.07. The summed E-state index contributed by atoms with van der Waals surface area (Å²) < 4.78 is 5.33. The van der Waals surface area contributed by atoms with Crippen LogP contribution in [0.2, 0.25) is 0 Å². The predicted octanol–water partition coefficient (Wildman–Crippen LogP) is 3.07. The summed E-state index contributed by atoms with van der Waals surface area (Å²) in [5.74, 6) is 2.76. The number of hydrogen-bond acceptors (Lipinski definition) is 5. The molecule has 1 aromatic carbocycles. The fourth-order valence-electron chi connectivity index (χ4n) is 1.91. The normalized spacial score (nSPS) is 10.3. The summed E-state index contributed by atoms with van der Waals surface area (Å²) in [6, 6.07) is 7.71. The highest BCUT2D eigenvalue weighted by atomic mass is 16.5. The summed E-state index contributed by atoms with van der Waals surface area (Å²) in [7, 11) is 1.64. The number of hydrogen-bond donors (Lipinski definition) is 2. The third-order valence-corrected chi connectivity index (χ3v) is 3.06. The van der Waals surface area contributed by atoms with Crippen molar-refractivity contribution in [3.05, 3.63) is 35.7 Å². The molecule has 3 N–H and O–H groups in total. The molecule has 5 heteroatoms. The van der Waals surface area contributed by atoms with Gasteiger partial charge in [0.25, 0.3) is 0 Å². The van der Waals surface area contributed by atoms with Crippen molar-refractivity contribution in [3.63, 3.8) is 0 Å². The Balaban J connectivity index is 2.37. The average Bonchev–Trinajstić information content (AvgIpc) is 2.45. The Hall–Kier alpha value is -2.30. The number of methoxy groups -OCH3 is 1. The Morgan fingerprint density at radius 2 is 2.00 bits per heavy atom. The summed E-state index contributed by atoms with van der Waals surface area (Å²) in [5, 5.41) is 3.28. The zero-order chi connectivity index (χ0) is 14.5. The van der Waals surface area contributed by atoms with Gasteiger partial charge < -0.3 is 15.8 Å². The molecule has 1 aromatic heterocycles. The summed E-state index contributed by atoms with van der Waals surface area (Å²) in [6.45, 7) is 4.00. The van der Waals surface area contributed by atoms with Crippen molar-refractivity contribution >= 4 is 17.3 Å². The number of aromatic nitrogens is 2. The third-order valence-electron chi connectivity index (χ3n) is 3.06. The molecule has 2 rings (SSSR count). The van der Waals surface area contributed by atoms with Crippen LogP contribution in [0.5, 0.6) is 5.75 Å². The van der Waals surface area contributed by atoms with Crippen LogP contribution in [0.25, 0.3) is 0 Å². The van der Waals surface area contributed by atoms with E-state index in [-0.39, 0.29) is 0 Å². The van der Waals surface area contributed by atoms with Crippen LogP contribution in [0, 0.1) is 6.92 Å². The van der Waals surface area contributed by atoms with Crippen LogP contribution in [-0.2, 0) is 6.42 Å². The Labute approximate surface area is 119 Å². The van der Waals surface area contributed by atoms with Gasteiger partial charge in [-0.05, 0) is 25.5 Å². The topological polar surface area (TPSA) is 73.1 Å². The van der Waals surface area contributed by atoms with Gasteiger partial charge in [0, 0.05) is 12.0 Å². The van der Waals surface area contributed by atoms with Gasteiger partial charge in [-0.3, -0.25) is 0 Å². The van der Waals surface area contributed by atoms with Crippen LogP contribution in [0.1, 0.15) is 24.7 Å². The zero-order valence-electron chi connectivity index (χ0n) is 12.1. The van der Waals surface area contributed by atoms with Gasteiger partial charge in [0.15, 0.2) is 0 Å². The largest absolute Gasteiger partial charge is 0.495 e. The Morgan fingerprint density at radius 3 is 2.70 bits per heavy atom. The lowest BCUT2D eigenvalue weighted by atomic mass is 10.2. The first-order valence-electron chi connectivity index (χ1n) is 6.68. The first-order valence-corrected chi connectivity index (χ1v) is 6.68. The number of ether oxygens (including phenoxy) is 1. The maximum absolute atomic E-state index is 5.95. The molecule has 2 aromatic rings. The summed E-state index contributed by atoms with van der Waals surface area (Å²) in [6.07, 6.45) is 1.79. The first-order chi connectivity index (χ1) is 9.65. The average molecular weight is 272 g/mol. The van der Waals surface area contributed by atoms with Crippen LogP contribution in [0.4, 0.5) is 17.3 Å². The van der Waals surface area contributed by atoms with Crippen LogP contribution < -0.4 is 15.8 Å². The van der Waals surface area contributed by atoms with E-state index in [2.05, 4.69) is 22.2 Å². The van der Waals surface area contributed by atoms with E-state index in [9.17, 15) is 0 Å². The number of rotatable bonds is 5. The number of anilines is 3. The lowest BCUT2D eigenvalue weighted by Gasteiger charge is -2.14. The number of nitrogens with zero attached hydrogens (tertiary/aromatic N) is 2. The highest BCUT2D eigenvalue weighted by Crippen LogP contribution is 2.28. The molecule has 0 saturated carbocycles. The van der Waals surface area contributed by atoms with E-state index in [1.165, 1.54) is 0 Å². The molecule has 5 nitrogen and oxygen atoms in total. The van der Waals surface area contributed by atoms with Gasteiger partial charge in [-0.25, -0.2) is 9.97 Å². The van der Waals surface area contributed by atoms with E-state index in [4.69, 9.17) is 10.5 Å². The quantitative estimate of drug-likeness (QED) is 0.875. The zero-order valence-corrected chi connectivity index (χ0v) is 12.1. The lowest BCUT2D eigenvalue weighted by molar-refractivity contribution is 0.417. The summed E-state index contributed by atoms with van der Waals surface area (Å²) >= 11 is 0. The van der Waals surface area contributed by atoms with Crippen molar-refractivity contribution in [1.82, 2.24) is 9.97 Å². The fraction of sp³-hybridized carbons (Fsp3) is 0.333. The van der Waals surface area contributed by atoms with Crippen LogP contribution in [-0.4, -0.2) is 17.1 Å². The van der Waals surface area contributed by atoms with Gasteiger partial charge >= 0.3 is 0 Å². The molecule has 0 unspecified atom stereocenters. The van der Waals surface area contributed by atoms with E-state index >= 15 is 0 Å². The Kier molecular flexibility index (Phi) is 4.40. The number of nitrogen functional groups attached to an aromatic ring is 1. The second-order valence-corrected chi connectivity index (χ2v) is 4.57. The smallest absolute Gasteiger partial charge is 0.142 e. The highest BCUT2D eigenvalue weighted by Gasteiger charge is 2.10. The number of benzene rings is 1. The van der Waals surface area contributed by atoms with Crippen LogP contribution in [0.3, 0.4) is 0 Å². The molecule has 0 saturated heterocycles. The van der Waals surface area contributed by atoms with Gasteiger partial charge in [0.05, 0.1) is 12.8 Å². The van der Waals surface area contributed by atoms with Gasteiger partial charge in [-0.15, -0.1) is 0 Å². The molecule has 0 bridgehead atoms. The molecule has 0 spiro atoms. The molecule has 106 valence electrons. The minimum absolute atomic E-state index is 0.515.